The molecule has 0 saturated carbocycles. The SMILES string of the molecule is COc1ccc(-c2cc3ccccn3c2C(=O)C(=O)Nc2cccc3ccccc23)cc1Cl. The summed E-state index contributed by atoms with van der Waals surface area (Å²) in [6, 6.07) is 26.0. The van der Waals surface area contributed by atoms with Gasteiger partial charge in [-0.05, 0) is 47.3 Å². The first kappa shape index (κ1) is 20.8. The van der Waals surface area contributed by atoms with E-state index in [1.165, 1.54) is 0 Å². The van der Waals surface area contributed by atoms with Crippen LogP contribution in [0.1, 0.15) is 10.5 Å². The molecule has 1 N–H and O–H groups in total. The van der Waals surface area contributed by atoms with Crippen LogP contribution in [0.2, 0.25) is 5.02 Å². The minimum Gasteiger partial charge on any atom is -0.495 e. The van der Waals surface area contributed by atoms with Crippen LogP contribution in [-0.4, -0.2) is 23.2 Å². The molecule has 162 valence electrons. The Hall–Kier alpha value is -4.09. The minimum absolute atomic E-state index is 0.268. The van der Waals surface area contributed by atoms with Crippen LogP contribution in [0.15, 0.2) is 91.1 Å². The first-order chi connectivity index (χ1) is 16.1. The lowest BCUT2D eigenvalue weighted by atomic mass is 10.0. The maximum absolute atomic E-state index is 13.5. The highest BCUT2D eigenvalue weighted by Gasteiger charge is 2.25. The molecule has 1 amide bonds. The average molecular weight is 455 g/mol. The van der Waals surface area contributed by atoms with Gasteiger partial charge in [0.1, 0.15) is 11.4 Å². The van der Waals surface area contributed by atoms with Crippen molar-refractivity contribution in [1.29, 1.82) is 0 Å². The van der Waals surface area contributed by atoms with Crippen molar-refractivity contribution in [2.75, 3.05) is 12.4 Å². The maximum atomic E-state index is 13.5. The standard InChI is InChI=1S/C27H19ClN2O3/c1-33-24-13-12-18(15-22(24)28)21-16-19-9-4-5-14-30(19)25(21)26(31)27(32)29-23-11-6-8-17-7-2-3-10-20(17)23/h2-16H,1H3,(H,29,32). The lowest BCUT2D eigenvalue weighted by Crippen LogP contribution is -2.24. The van der Waals surface area contributed by atoms with Crippen LogP contribution in [0.5, 0.6) is 5.75 Å². The molecule has 5 rings (SSSR count). The number of hydrogen-bond acceptors (Lipinski definition) is 3. The number of benzene rings is 3. The summed E-state index contributed by atoms with van der Waals surface area (Å²) in [5, 5.41) is 5.06. The molecule has 0 fully saturated rings. The van der Waals surface area contributed by atoms with Crippen LogP contribution in [0.25, 0.3) is 27.4 Å². The molecule has 6 heteroatoms. The highest BCUT2D eigenvalue weighted by molar-refractivity contribution is 6.47. The van der Waals surface area contributed by atoms with Gasteiger partial charge in [0.25, 0.3) is 11.7 Å². The number of methoxy groups -OCH3 is 1. The predicted octanol–water partition coefficient (Wildman–Crippen LogP) is 6.24. The number of hydrogen-bond donors (Lipinski definition) is 1. The largest absolute Gasteiger partial charge is 0.495 e. The molecule has 5 aromatic rings. The quantitative estimate of drug-likeness (QED) is 0.252. The van der Waals surface area contributed by atoms with Crippen molar-refractivity contribution in [3.05, 3.63) is 102 Å². The number of Topliss-reactive ketones (excluding diaryl/α,β-unsaturated/α-hetero) is 1. The van der Waals surface area contributed by atoms with E-state index in [4.69, 9.17) is 16.3 Å². The summed E-state index contributed by atoms with van der Waals surface area (Å²) < 4.78 is 6.96. The van der Waals surface area contributed by atoms with E-state index < -0.39 is 11.7 Å². The predicted molar refractivity (Wildman–Crippen MR) is 131 cm³/mol. The molecule has 3 aromatic carbocycles. The zero-order chi connectivity index (χ0) is 22.9. The fourth-order valence-electron chi connectivity index (χ4n) is 4.03. The van der Waals surface area contributed by atoms with E-state index >= 15 is 0 Å². The van der Waals surface area contributed by atoms with E-state index in [1.807, 2.05) is 66.7 Å². The molecule has 0 saturated heterocycles. The number of carbonyl (C=O) groups is 2. The number of fused-ring (bicyclic) bond motifs is 2. The van der Waals surface area contributed by atoms with Gasteiger partial charge in [0.2, 0.25) is 0 Å². The monoisotopic (exact) mass is 454 g/mol. The van der Waals surface area contributed by atoms with Crippen LogP contribution in [0.3, 0.4) is 0 Å². The van der Waals surface area contributed by atoms with Crippen molar-refractivity contribution in [3.8, 4) is 16.9 Å². The highest BCUT2D eigenvalue weighted by atomic mass is 35.5. The summed E-state index contributed by atoms with van der Waals surface area (Å²) in [6.07, 6.45) is 1.77. The fourth-order valence-corrected chi connectivity index (χ4v) is 4.29. The number of nitrogens with zero attached hydrogens (tertiary/aromatic N) is 1. The third-order valence-corrected chi connectivity index (χ3v) is 5.90. The van der Waals surface area contributed by atoms with E-state index in [2.05, 4.69) is 5.32 Å². The van der Waals surface area contributed by atoms with Crippen LogP contribution >= 0.6 is 11.6 Å². The number of carbonyl (C=O) groups excluding carboxylic acids is 2. The smallest absolute Gasteiger partial charge is 0.298 e. The van der Waals surface area contributed by atoms with Gasteiger partial charge in [-0.1, -0.05) is 60.1 Å². The second kappa shape index (κ2) is 8.45. The topological polar surface area (TPSA) is 59.8 Å². The molecule has 0 radical (unpaired) electrons. The van der Waals surface area contributed by atoms with Crippen molar-refractivity contribution in [2.45, 2.75) is 0 Å². The number of ether oxygens (including phenoxy) is 1. The van der Waals surface area contributed by atoms with Crippen molar-refractivity contribution in [2.24, 2.45) is 0 Å². The Balaban J connectivity index is 1.58. The fraction of sp³-hybridized carbons (Fsp3) is 0.0370. The van der Waals surface area contributed by atoms with Crippen LogP contribution in [-0.2, 0) is 4.79 Å². The molecule has 5 nitrogen and oxygen atoms in total. The molecule has 0 unspecified atom stereocenters. The van der Waals surface area contributed by atoms with Crippen LogP contribution in [0, 0.1) is 0 Å². The number of anilines is 1. The molecule has 0 aliphatic rings. The molecule has 0 atom stereocenters. The summed E-state index contributed by atoms with van der Waals surface area (Å²) in [5.74, 6) is -0.821. The number of rotatable bonds is 5. The van der Waals surface area contributed by atoms with Crippen molar-refractivity contribution >= 4 is 45.3 Å². The lowest BCUT2D eigenvalue weighted by molar-refractivity contribution is -0.112. The Morgan fingerprint density at radius 3 is 2.52 bits per heavy atom. The molecule has 0 bridgehead atoms. The van der Waals surface area contributed by atoms with Gasteiger partial charge in [0.15, 0.2) is 0 Å². The van der Waals surface area contributed by atoms with Gasteiger partial charge in [0, 0.05) is 28.4 Å². The first-order valence-electron chi connectivity index (χ1n) is 10.3. The highest BCUT2D eigenvalue weighted by Crippen LogP contribution is 2.34. The first-order valence-corrected chi connectivity index (χ1v) is 10.7. The summed E-state index contributed by atoms with van der Waals surface area (Å²) >= 11 is 6.34. The lowest BCUT2D eigenvalue weighted by Gasteiger charge is -2.10. The molecule has 2 heterocycles. The Kier molecular flexibility index (Phi) is 5.32. The number of ketones is 1. The number of halogens is 1. The van der Waals surface area contributed by atoms with Crippen molar-refractivity contribution in [1.82, 2.24) is 4.40 Å². The summed E-state index contributed by atoms with van der Waals surface area (Å²) in [4.78, 5) is 26.6. The van der Waals surface area contributed by atoms with Gasteiger partial charge >= 0.3 is 0 Å². The van der Waals surface area contributed by atoms with E-state index in [0.717, 1.165) is 16.3 Å². The Bertz CT molecular complexity index is 1530. The van der Waals surface area contributed by atoms with Crippen LogP contribution in [0.4, 0.5) is 5.69 Å². The summed E-state index contributed by atoms with van der Waals surface area (Å²) in [5.41, 5.74) is 2.97. The molecular weight excluding hydrogens is 436 g/mol. The van der Waals surface area contributed by atoms with Gasteiger partial charge in [-0.2, -0.15) is 0 Å². The van der Waals surface area contributed by atoms with Gasteiger partial charge in [-0.15, -0.1) is 0 Å². The molecular formula is C27H19ClN2O3. The molecule has 0 aliphatic heterocycles. The normalized spacial score (nSPS) is 11.0. The average Bonchev–Trinajstić information content (AvgIpc) is 3.23. The number of nitrogens with one attached hydrogen (secondary N) is 1. The third kappa shape index (κ3) is 3.73. The van der Waals surface area contributed by atoms with E-state index in [0.29, 0.717) is 27.6 Å². The Labute approximate surface area is 195 Å². The van der Waals surface area contributed by atoms with E-state index in [9.17, 15) is 9.59 Å². The molecule has 0 spiro atoms. The third-order valence-electron chi connectivity index (χ3n) is 5.60. The Morgan fingerprint density at radius 2 is 1.70 bits per heavy atom. The molecule has 0 aliphatic carbocycles. The van der Waals surface area contributed by atoms with Gasteiger partial charge in [-0.3, -0.25) is 9.59 Å². The maximum Gasteiger partial charge on any atom is 0.298 e. The zero-order valence-electron chi connectivity index (χ0n) is 17.7. The second-order valence-corrected chi connectivity index (χ2v) is 7.97. The van der Waals surface area contributed by atoms with Gasteiger partial charge < -0.3 is 14.5 Å². The minimum atomic E-state index is -0.712. The van der Waals surface area contributed by atoms with Crippen LogP contribution < -0.4 is 10.1 Å². The number of pyridine rings is 1. The van der Waals surface area contributed by atoms with Gasteiger partial charge in [-0.25, -0.2) is 0 Å². The zero-order valence-corrected chi connectivity index (χ0v) is 18.5. The van der Waals surface area contributed by atoms with E-state index in [1.54, 1.807) is 35.9 Å². The summed E-state index contributed by atoms with van der Waals surface area (Å²) in [6.45, 7) is 0. The Morgan fingerprint density at radius 1 is 0.909 bits per heavy atom. The van der Waals surface area contributed by atoms with E-state index in [-0.39, 0.29) is 5.69 Å². The second-order valence-electron chi connectivity index (χ2n) is 7.56. The molecule has 2 aromatic heterocycles. The van der Waals surface area contributed by atoms with Crippen molar-refractivity contribution < 1.29 is 14.3 Å². The van der Waals surface area contributed by atoms with Crippen molar-refractivity contribution in [3.63, 3.8) is 0 Å². The van der Waals surface area contributed by atoms with Gasteiger partial charge in [0.05, 0.1) is 12.1 Å². The number of amides is 1. The molecule has 33 heavy (non-hydrogen) atoms. The number of aromatic nitrogens is 1. The summed E-state index contributed by atoms with van der Waals surface area (Å²) in [7, 11) is 1.54.